The number of ketones is 1. The molecule has 0 amide bonds. The van der Waals surface area contributed by atoms with Gasteiger partial charge in [-0.1, -0.05) is 6.92 Å². The van der Waals surface area contributed by atoms with Crippen molar-refractivity contribution in [3.63, 3.8) is 0 Å². The molecule has 1 aliphatic rings. The van der Waals surface area contributed by atoms with Crippen LogP contribution in [0.15, 0.2) is 42.7 Å². The van der Waals surface area contributed by atoms with Gasteiger partial charge in [-0.25, -0.2) is 9.97 Å². The van der Waals surface area contributed by atoms with Crippen molar-refractivity contribution in [1.82, 2.24) is 14.9 Å². The Morgan fingerprint density at radius 1 is 1.12 bits per heavy atom. The van der Waals surface area contributed by atoms with Gasteiger partial charge in [0.25, 0.3) is 0 Å². The van der Waals surface area contributed by atoms with Gasteiger partial charge in [-0.2, -0.15) is 0 Å². The summed E-state index contributed by atoms with van der Waals surface area (Å²) in [4.78, 5) is 25.8. The SMILES string of the molecule is CCC(C(=O)c1ccc(N)cc1)N1CCN(c2ncccn2)CC1. The predicted octanol–water partition coefficient (Wildman–Crippen LogP) is 1.84. The summed E-state index contributed by atoms with van der Waals surface area (Å²) < 4.78 is 0. The molecule has 6 nitrogen and oxygen atoms in total. The van der Waals surface area contributed by atoms with Gasteiger partial charge in [-0.15, -0.1) is 0 Å². The Hall–Kier alpha value is -2.47. The van der Waals surface area contributed by atoms with Gasteiger partial charge in [0.1, 0.15) is 0 Å². The smallest absolute Gasteiger partial charge is 0.225 e. The summed E-state index contributed by atoms with van der Waals surface area (Å²) in [5, 5.41) is 0. The van der Waals surface area contributed by atoms with Gasteiger partial charge in [0.2, 0.25) is 5.95 Å². The van der Waals surface area contributed by atoms with Gasteiger partial charge in [0.05, 0.1) is 6.04 Å². The molecule has 0 spiro atoms. The lowest BCUT2D eigenvalue weighted by Crippen LogP contribution is -2.53. The van der Waals surface area contributed by atoms with Crippen LogP contribution in [0.3, 0.4) is 0 Å². The van der Waals surface area contributed by atoms with Crippen molar-refractivity contribution in [2.24, 2.45) is 0 Å². The highest BCUT2D eigenvalue weighted by Gasteiger charge is 2.28. The molecule has 0 bridgehead atoms. The minimum absolute atomic E-state index is 0.0903. The number of aromatic nitrogens is 2. The molecule has 1 aromatic carbocycles. The fraction of sp³-hybridized carbons (Fsp3) is 0.389. The van der Waals surface area contributed by atoms with Crippen molar-refractivity contribution in [3.05, 3.63) is 48.3 Å². The first-order valence-electron chi connectivity index (χ1n) is 8.35. The zero-order valence-electron chi connectivity index (χ0n) is 13.9. The first-order chi connectivity index (χ1) is 11.7. The maximum Gasteiger partial charge on any atom is 0.225 e. The fourth-order valence-corrected chi connectivity index (χ4v) is 3.14. The highest BCUT2D eigenvalue weighted by molar-refractivity contribution is 6.00. The third-order valence-corrected chi connectivity index (χ3v) is 4.47. The Morgan fingerprint density at radius 2 is 1.75 bits per heavy atom. The molecule has 2 N–H and O–H groups in total. The number of nitrogen functional groups attached to an aromatic ring is 1. The summed E-state index contributed by atoms with van der Waals surface area (Å²) in [6.07, 6.45) is 4.31. The average Bonchev–Trinajstić information content (AvgIpc) is 2.64. The molecular weight excluding hydrogens is 302 g/mol. The molecule has 1 aromatic heterocycles. The third-order valence-electron chi connectivity index (χ3n) is 4.47. The topological polar surface area (TPSA) is 75.4 Å². The molecule has 3 rings (SSSR count). The van der Waals surface area contributed by atoms with Crippen LogP contribution in [0.4, 0.5) is 11.6 Å². The molecule has 0 saturated carbocycles. The molecule has 1 saturated heterocycles. The van der Waals surface area contributed by atoms with Crippen LogP contribution in [-0.4, -0.2) is 52.9 Å². The van der Waals surface area contributed by atoms with E-state index in [0.717, 1.165) is 44.1 Å². The Labute approximate surface area is 142 Å². The van der Waals surface area contributed by atoms with Crippen LogP contribution >= 0.6 is 0 Å². The largest absolute Gasteiger partial charge is 0.399 e. The molecule has 0 aliphatic carbocycles. The van der Waals surface area contributed by atoms with Gasteiger partial charge in [0, 0.05) is 49.8 Å². The van der Waals surface area contributed by atoms with Crippen molar-refractivity contribution >= 4 is 17.4 Å². The lowest BCUT2D eigenvalue weighted by molar-refractivity contribution is 0.0800. The summed E-state index contributed by atoms with van der Waals surface area (Å²) in [7, 11) is 0. The molecule has 6 heteroatoms. The first kappa shape index (κ1) is 16.4. The normalized spacial score (nSPS) is 16.8. The number of rotatable bonds is 5. The zero-order valence-corrected chi connectivity index (χ0v) is 13.9. The third kappa shape index (κ3) is 3.54. The van der Waals surface area contributed by atoms with E-state index in [9.17, 15) is 4.79 Å². The van der Waals surface area contributed by atoms with E-state index in [4.69, 9.17) is 5.73 Å². The lowest BCUT2D eigenvalue weighted by Gasteiger charge is -2.38. The first-order valence-corrected chi connectivity index (χ1v) is 8.35. The summed E-state index contributed by atoms with van der Waals surface area (Å²) >= 11 is 0. The van der Waals surface area contributed by atoms with Gasteiger partial charge in [-0.3, -0.25) is 9.69 Å². The highest BCUT2D eigenvalue weighted by Crippen LogP contribution is 2.17. The van der Waals surface area contributed by atoms with Crippen LogP contribution < -0.4 is 10.6 Å². The molecule has 126 valence electrons. The maximum atomic E-state index is 12.8. The molecule has 1 atom stereocenters. The average molecular weight is 325 g/mol. The molecule has 0 radical (unpaired) electrons. The van der Waals surface area contributed by atoms with E-state index in [1.807, 2.05) is 18.2 Å². The number of nitrogens with zero attached hydrogens (tertiary/aromatic N) is 4. The Morgan fingerprint density at radius 3 is 2.33 bits per heavy atom. The van der Waals surface area contributed by atoms with Crippen molar-refractivity contribution in [3.8, 4) is 0 Å². The fourth-order valence-electron chi connectivity index (χ4n) is 3.14. The number of carbonyl (C=O) groups is 1. The second kappa shape index (κ2) is 7.40. The van der Waals surface area contributed by atoms with Crippen molar-refractivity contribution in [1.29, 1.82) is 0 Å². The molecule has 2 aromatic rings. The molecular formula is C18H23N5O. The van der Waals surface area contributed by atoms with E-state index in [1.54, 1.807) is 24.5 Å². The number of piperazine rings is 1. The number of hydrogen-bond donors (Lipinski definition) is 1. The van der Waals surface area contributed by atoms with Crippen LogP contribution in [0.25, 0.3) is 0 Å². The van der Waals surface area contributed by atoms with Crippen LogP contribution in [0, 0.1) is 0 Å². The van der Waals surface area contributed by atoms with Gasteiger partial charge < -0.3 is 10.6 Å². The number of hydrogen-bond acceptors (Lipinski definition) is 6. The van der Waals surface area contributed by atoms with E-state index >= 15 is 0 Å². The van der Waals surface area contributed by atoms with E-state index in [0.29, 0.717) is 5.69 Å². The second-order valence-electron chi connectivity index (χ2n) is 5.98. The highest BCUT2D eigenvalue weighted by atomic mass is 16.1. The number of carbonyl (C=O) groups excluding carboxylic acids is 1. The monoisotopic (exact) mass is 325 g/mol. The summed E-state index contributed by atoms with van der Waals surface area (Å²) in [5.74, 6) is 0.928. The standard InChI is InChI=1S/C18H23N5O/c1-2-16(17(24)14-4-6-15(19)7-5-14)22-10-12-23(13-11-22)18-20-8-3-9-21-18/h3-9,16H,2,10-13,19H2,1H3. The Kier molecular flexibility index (Phi) is 5.05. The number of nitrogens with two attached hydrogens (primary N) is 1. The number of Topliss-reactive ketones (excluding diaryl/α,β-unsaturated/α-hetero) is 1. The van der Waals surface area contributed by atoms with Crippen LogP contribution in [0.1, 0.15) is 23.7 Å². The van der Waals surface area contributed by atoms with Crippen LogP contribution in [-0.2, 0) is 0 Å². The molecule has 24 heavy (non-hydrogen) atoms. The summed E-state index contributed by atoms with van der Waals surface area (Å²) in [6, 6.07) is 8.92. The number of benzene rings is 1. The molecule has 2 heterocycles. The van der Waals surface area contributed by atoms with E-state index in [-0.39, 0.29) is 11.8 Å². The minimum atomic E-state index is -0.0903. The van der Waals surface area contributed by atoms with Crippen LogP contribution in [0.5, 0.6) is 0 Å². The zero-order chi connectivity index (χ0) is 16.9. The Balaban J connectivity index is 1.65. The van der Waals surface area contributed by atoms with Crippen molar-refractivity contribution in [2.75, 3.05) is 36.8 Å². The minimum Gasteiger partial charge on any atom is -0.399 e. The van der Waals surface area contributed by atoms with E-state index in [1.165, 1.54) is 0 Å². The lowest BCUT2D eigenvalue weighted by atomic mass is 10.00. The van der Waals surface area contributed by atoms with Gasteiger partial charge >= 0.3 is 0 Å². The van der Waals surface area contributed by atoms with Crippen molar-refractivity contribution < 1.29 is 4.79 Å². The summed E-state index contributed by atoms with van der Waals surface area (Å²) in [6.45, 7) is 5.38. The van der Waals surface area contributed by atoms with Gasteiger partial charge in [-0.05, 0) is 36.8 Å². The molecule has 1 fully saturated rings. The van der Waals surface area contributed by atoms with Crippen molar-refractivity contribution in [2.45, 2.75) is 19.4 Å². The van der Waals surface area contributed by atoms with Gasteiger partial charge in [0.15, 0.2) is 5.78 Å². The predicted molar refractivity (Wildman–Crippen MR) is 95.1 cm³/mol. The van der Waals surface area contributed by atoms with E-state index < -0.39 is 0 Å². The van der Waals surface area contributed by atoms with E-state index in [2.05, 4.69) is 26.7 Å². The quantitative estimate of drug-likeness (QED) is 0.668. The second-order valence-corrected chi connectivity index (χ2v) is 5.98. The number of anilines is 2. The maximum absolute atomic E-state index is 12.8. The Bertz CT molecular complexity index is 666. The molecule has 1 unspecified atom stereocenters. The summed E-state index contributed by atoms with van der Waals surface area (Å²) in [5.41, 5.74) is 7.11. The molecule has 1 aliphatic heterocycles. The van der Waals surface area contributed by atoms with Crippen LogP contribution in [0.2, 0.25) is 0 Å².